The van der Waals surface area contributed by atoms with Gasteiger partial charge in [-0.15, -0.1) is 0 Å². The van der Waals surface area contributed by atoms with Gasteiger partial charge in [0.15, 0.2) is 0 Å². The lowest BCUT2D eigenvalue weighted by Gasteiger charge is -2.15. The Morgan fingerprint density at radius 3 is 2.45 bits per heavy atom. The van der Waals surface area contributed by atoms with Gasteiger partial charge in [0.2, 0.25) is 5.91 Å². The zero-order valence-corrected chi connectivity index (χ0v) is 11.5. The molecule has 0 radical (unpaired) electrons. The van der Waals surface area contributed by atoms with E-state index in [4.69, 9.17) is 0 Å². The smallest absolute Gasteiger partial charge is 0.312 e. The fraction of sp³-hybridized carbons (Fsp3) is 0.500. The Morgan fingerprint density at radius 1 is 1.20 bits per heavy atom. The molecule has 1 aliphatic rings. The molecule has 4 heteroatoms. The van der Waals surface area contributed by atoms with Crippen molar-refractivity contribution in [2.45, 2.75) is 38.0 Å². The van der Waals surface area contributed by atoms with Crippen LogP contribution in [0.25, 0.3) is 0 Å². The van der Waals surface area contributed by atoms with Crippen LogP contribution in [-0.2, 0) is 9.59 Å². The highest BCUT2D eigenvalue weighted by molar-refractivity contribution is 5.79. The van der Waals surface area contributed by atoms with Crippen molar-refractivity contribution in [2.75, 3.05) is 6.54 Å². The fourth-order valence-corrected chi connectivity index (χ4v) is 2.80. The second kappa shape index (κ2) is 7.08. The van der Waals surface area contributed by atoms with Crippen LogP contribution in [0.2, 0.25) is 0 Å². The van der Waals surface area contributed by atoms with Gasteiger partial charge >= 0.3 is 5.97 Å². The first-order valence-corrected chi connectivity index (χ1v) is 7.21. The number of rotatable bonds is 6. The van der Waals surface area contributed by atoms with E-state index < -0.39 is 11.9 Å². The van der Waals surface area contributed by atoms with Crippen LogP contribution >= 0.6 is 0 Å². The third-order valence-corrected chi connectivity index (χ3v) is 3.95. The monoisotopic (exact) mass is 275 g/mol. The highest BCUT2D eigenvalue weighted by atomic mass is 16.4. The predicted octanol–water partition coefficient (Wildman–Crippen LogP) is 2.55. The van der Waals surface area contributed by atoms with Crippen molar-refractivity contribution in [3.63, 3.8) is 0 Å². The second-order valence-electron chi connectivity index (χ2n) is 5.46. The van der Waals surface area contributed by atoms with Gasteiger partial charge in [-0.3, -0.25) is 9.59 Å². The molecule has 1 aromatic rings. The number of hydrogen-bond acceptors (Lipinski definition) is 2. The Kier molecular flexibility index (Phi) is 5.16. The lowest BCUT2D eigenvalue weighted by atomic mass is 9.99. The van der Waals surface area contributed by atoms with Crippen LogP contribution in [0.3, 0.4) is 0 Å². The van der Waals surface area contributed by atoms with E-state index in [0.29, 0.717) is 12.3 Å². The van der Waals surface area contributed by atoms with E-state index in [2.05, 4.69) is 5.32 Å². The van der Waals surface area contributed by atoms with Crippen molar-refractivity contribution in [3.05, 3.63) is 35.9 Å². The van der Waals surface area contributed by atoms with Gasteiger partial charge < -0.3 is 10.4 Å². The summed E-state index contributed by atoms with van der Waals surface area (Å²) in [6.45, 7) is 0.158. The van der Waals surface area contributed by atoms with E-state index in [1.54, 1.807) is 12.1 Å². The molecule has 1 saturated carbocycles. The van der Waals surface area contributed by atoms with Crippen molar-refractivity contribution in [1.29, 1.82) is 0 Å². The van der Waals surface area contributed by atoms with Gasteiger partial charge in [0, 0.05) is 13.0 Å². The van der Waals surface area contributed by atoms with Gasteiger partial charge in [-0.25, -0.2) is 0 Å². The molecule has 2 rings (SSSR count). The minimum Gasteiger partial charge on any atom is -0.481 e. The molecule has 0 saturated heterocycles. The third-order valence-electron chi connectivity index (χ3n) is 3.95. The molecular weight excluding hydrogens is 254 g/mol. The number of nitrogens with one attached hydrogen (secondary N) is 1. The molecule has 1 fully saturated rings. The Balaban J connectivity index is 1.86. The van der Waals surface area contributed by atoms with E-state index >= 15 is 0 Å². The molecule has 0 aromatic heterocycles. The summed E-state index contributed by atoms with van der Waals surface area (Å²) in [7, 11) is 0. The van der Waals surface area contributed by atoms with E-state index in [9.17, 15) is 14.7 Å². The number of hydrogen-bond donors (Lipinski definition) is 2. The summed E-state index contributed by atoms with van der Waals surface area (Å²) in [6, 6.07) is 9.03. The standard InChI is InChI=1S/C16H21NO3/c18-15(10-12-6-4-5-7-12)17-11-14(16(19)20)13-8-2-1-3-9-13/h1-3,8-9,12,14H,4-7,10-11H2,(H,17,18)(H,19,20). The normalized spacial score (nSPS) is 16.8. The van der Waals surface area contributed by atoms with E-state index in [1.165, 1.54) is 12.8 Å². The topological polar surface area (TPSA) is 66.4 Å². The zero-order valence-electron chi connectivity index (χ0n) is 11.5. The van der Waals surface area contributed by atoms with Crippen LogP contribution in [0.15, 0.2) is 30.3 Å². The lowest BCUT2D eigenvalue weighted by Crippen LogP contribution is -2.32. The summed E-state index contributed by atoms with van der Waals surface area (Å²) in [5.41, 5.74) is 0.723. The Hall–Kier alpha value is -1.84. The third kappa shape index (κ3) is 4.08. The van der Waals surface area contributed by atoms with Gasteiger partial charge in [-0.05, 0) is 24.3 Å². The van der Waals surface area contributed by atoms with Crippen molar-refractivity contribution >= 4 is 11.9 Å². The summed E-state index contributed by atoms with van der Waals surface area (Å²) in [6.07, 6.45) is 5.18. The minimum atomic E-state index is -0.905. The maximum atomic E-state index is 11.9. The maximum Gasteiger partial charge on any atom is 0.312 e. The van der Waals surface area contributed by atoms with Gasteiger partial charge in [0.1, 0.15) is 0 Å². The van der Waals surface area contributed by atoms with Crippen LogP contribution < -0.4 is 5.32 Å². The number of amides is 1. The highest BCUT2D eigenvalue weighted by Crippen LogP contribution is 2.27. The lowest BCUT2D eigenvalue weighted by molar-refractivity contribution is -0.138. The number of benzene rings is 1. The summed E-state index contributed by atoms with van der Waals surface area (Å²) in [5.74, 6) is -1.13. The van der Waals surface area contributed by atoms with Crippen LogP contribution in [-0.4, -0.2) is 23.5 Å². The molecule has 108 valence electrons. The molecule has 1 atom stereocenters. The molecule has 1 amide bonds. The molecule has 1 unspecified atom stereocenters. The summed E-state index contributed by atoms with van der Waals surface area (Å²) < 4.78 is 0. The number of carboxylic acids is 1. The molecule has 0 spiro atoms. The SMILES string of the molecule is O=C(CC1CCCC1)NCC(C(=O)O)c1ccccc1. The molecule has 2 N–H and O–H groups in total. The molecule has 4 nitrogen and oxygen atoms in total. The first-order valence-electron chi connectivity index (χ1n) is 7.21. The second-order valence-corrected chi connectivity index (χ2v) is 5.46. The molecule has 0 aliphatic heterocycles. The van der Waals surface area contributed by atoms with Gasteiger partial charge in [-0.2, -0.15) is 0 Å². The number of aliphatic carboxylic acids is 1. The van der Waals surface area contributed by atoms with Crippen molar-refractivity contribution < 1.29 is 14.7 Å². The van der Waals surface area contributed by atoms with Gasteiger partial charge in [0.25, 0.3) is 0 Å². The Bertz CT molecular complexity index is 452. The van der Waals surface area contributed by atoms with E-state index in [0.717, 1.165) is 18.4 Å². The quantitative estimate of drug-likeness (QED) is 0.838. The molecule has 1 aromatic carbocycles. The van der Waals surface area contributed by atoms with Gasteiger partial charge in [0.05, 0.1) is 5.92 Å². The average molecular weight is 275 g/mol. The van der Waals surface area contributed by atoms with Gasteiger partial charge in [-0.1, -0.05) is 43.2 Å². The van der Waals surface area contributed by atoms with Crippen LogP contribution in [0, 0.1) is 5.92 Å². The maximum absolute atomic E-state index is 11.9. The van der Waals surface area contributed by atoms with Crippen molar-refractivity contribution in [2.24, 2.45) is 5.92 Å². The Labute approximate surface area is 119 Å². The predicted molar refractivity (Wildman–Crippen MR) is 76.4 cm³/mol. The molecule has 1 aliphatic carbocycles. The number of carbonyl (C=O) groups is 2. The minimum absolute atomic E-state index is 0.0286. The zero-order chi connectivity index (χ0) is 14.4. The summed E-state index contributed by atoms with van der Waals surface area (Å²) in [5, 5.41) is 12.0. The first kappa shape index (κ1) is 14.6. The van der Waals surface area contributed by atoms with Crippen LogP contribution in [0.4, 0.5) is 0 Å². The molecule has 0 bridgehead atoms. The first-order chi connectivity index (χ1) is 9.66. The average Bonchev–Trinajstić information content (AvgIpc) is 2.92. The molecule has 20 heavy (non-hydrogen) atoms. The summed E-state index contributed by atoms with van der Waals surface area (Å²) in [4.78, 5) is 23.2. The van der Waals surface area contributed by atoms with Crippen LogP contribution in [0.1, 0.15) is 43.6 Å². The fourth-order valence-electron chi connectivity index (χ4n) is 2.80. The Morgan fingerprint density at radius 2 is 1.85 bits per heavy atom. The van der Waals surface area contributed by atoms with Crippen molar-refractivity contribution in [1.82, 2.24) is 5.32 Å². The highest BCUT2D eigenvalue weighted by Gasteiger charge is 2.22. The largest absolute Gasteiger partial charge is 0.481 e. The van der Waals surface area contributed by atoms with Crippen molar-refractivity contribution in [3.8, 4) is 0 Å². The number of carbonyl (C=O) groups excluding carboxylic acids is 1. The van der Waals surface area contributed by atoms with Crippen LogP contribution in [0.5, 0.6) is 0 Å². The van der Waals surface area contributed by atoms with E-state index in [1.807, 2.05) is 18.2 Å². The summed E-state index contributed by atoms with van der Waals surface area (Å²) >= 11 is 0. The molecular formula is C16H21NO3. The molecule has 0 heterocycles. The van der Waals surface area contributed by atoms with E-state index in [-0.39, 0.29) is 12.5 Å². The number of carboxylic acid groups (broad SMARTS) is 1.